The zero-order valence-corrected chi connectivity index (χ0v) is 20.7. The van der Waals surface area contributed by atoms with E-state index in [1.807, 2.05) is 12.1 Å². The number of aryl methyl sites for hydroxylation is 1. The normalized spacial score (nSPS) is 13.9. The van der Waals surface area contributed by atoms with Crippen LogP contribution in [0.5, 0.6) is 0 Å². The van der Waals surface area contributed by atoms with E-state index >= 15 is 0 Å². The highest BCUT2D eigenvalue weighted by Gasteiger charge is 2.19. The van der Waals surface area contributed by atoms with Crippen LogP contribution in [0.4, 0.5) is 5.82 Å². The van der Waals surface area contributed by atoms with Crippen molar-refractivity contribution in [1.29, 1.82) is 0 Å². The number of amides is 1. The second-order valence-electron chi connectivity index (χ2n) is 8.74. The van der Waals surface area contributed by atoms with Crippen LogP contribution in [0.1, 0.15) is 28.1 Å². The molecular weight excluding hydrogens is 492 g/mol. The number of nitrogen functional groups attached to an aromatic ring is 1. The van der Waals surface area contributed by atoms with Crippen LogP contribution < -0.4 is 11.1 Å². The van der Waals surface area contributed by atoms with Crippen molar-refractivity contribution < 1.29 is 14.0 Å². The Morgan fingerprint density at radius 3 is 2.59 bits per heavy atom. The number of ketones is 1. The second kappa shape index (κ2) is 10.9. The molecule has 9 nitrogen and oxygen atoms in total. The van der Waals surface area contributed by atoms with Crippen molar-refractivity contribution in [3.05, 3.63) is 76.9 Å². The third-order valence-electron chi connectivity index (χ3n) is 6.07. The topological polar surface area (TPSA) is 127 Å². The van der Waals surface area contributed by atoms with Crippen molar-refractivity contribution in [1.82, 2.24) is 25.2 Å². The zero-order valence-electron chi connectivity index (χ0n) is 20.0. The lowest BCUT2D eigenvalue weighted by atomic mass is 10.1. The first-order chi connectivity index (χ1) is 18.0. The smallest absolute Gasteiger partial charge is 0.257 e. The number of nitrogens with two attached hydrogens (primary N) is 1. The highest BCUT2D eigenvalue weighted by Crippen LogP contribution is 2.32. The Bertz CT molecular complexity index is 1460. The van der Waals surface area contributed by atoms with Gasteiger partial charge < -0.3 is 20.4 Å². The average Bonchev–Trinajstić information content (AvgIpc) is 3.35. The highest BCUT2D eigenvalue weighted by molar-refractivity contribution is 6.35. The van der Waals surface area contributed by atoms with Gasteiger partial charge in [0.2, 0.25) is 0 Å². The first-order valence-electron chi connectivity index (χ1n) is 11.9. The lowest BCUT2D eigenvalue weighted by Gasteiger charge is -2.27. The zero-order chi connectivity index (χ0) is 25.8. The summed E-state index contributed by atoms with van der Waals surface area (Å²) < 4.78 is 5.91. The van der Waals surface area contributed by atoms with Crippen molar-refractivity contribution in [3.63, 3.8) is 0 Å². The molecule has 0 bridgehead atoms. The summed E-state index contributed by atoms with van der Waals surface area (Å²) in [4.78, 5) is 39.6. The summed E-state index contributed by atoms with van der Waals surface area (Å²) in [5, 5.41) is 4.44. The summed E-state index contributed by atoms with van der Waals surface area (Å²) in [5.41, 5.74) is 8.08. The van der Waals surface area contributed by atoms with Gasteiger partial charge in [0.25, 0.3) is 5.91 Å². The summed E-state index contributed by atoms with van der Waals surface area (Å²) in [6, 6.07) is 8.97. The number of allylic oxidation sites excluding steroid dienone is 1. The van der Waals surface area contributed by atoms with Gasteiger partial charge in [0.1, 0.15) is 11.6 Å². The Kier molecular flexibility index (Phi) is 7.25. The molecule has 0 atom stereocenters. The number of halogens is 1. The molecule has 1 aliphatic rings. The molecule has 5 rings (SSSR count). The maximum Gasteiger partial charge on any atom is 0.257 e. The van der Waals surface area contributed by atoms with Crippen molar-refractivity contribution >= 4 is 46.2 Å². The van der Waals surface area contributed by atoms with Crippen LogP contribution in [0.3, 0.4) is 0 Å². The van der Waals surface area contributed by atoms with E-state index in [0.29, 0.717) is 58.6 Å². The van der Waals surface area contributed by atoms with Gasteiger partial charge >= 0.3 is 0 Å². The van der Waals surface area contributed by atoms with Crippen LogP contribution in [0.25, 0.3) is 28.4 Å². The molecule has 0 saturated carbocycles. The van der Waals surface area contributed by atoms with E-state index in [1.54, 1.807) is 47.8 Å². The van der Waals surface area contributed by atoms with Crippen LogP contribution in [0.2, 0.25) is 5.02 Å². The van der Waals surface area contributed by atoms with E-state index in [4.69, 9.17) is 21.8 Å². The molecule has 3 N–H and O–H groups in total. The van der Waals surface area contributed by atoms with E-state index < -0.39 is 0 Å². The Labute approximate surface area is 218 Å². The summed E-state index contributed by atoms with van der Waals surface area (Å²) in [6.45, 7) is 2.89. The van der Waals surface area contributed by atoms with E-state index in [9.17, 15) is 9.59 Å². The number of hydrogen-bond donors (Lipinski definition) is 2. The minimum absolute atomic E-state index is 0.0343. The molecule has 1 aliphatic heterocycles. The van der Waals surface area contributed by atoms with Gasteiger partial charge in [0.05, 0.1) is 10.6 Å². The average molecular weight is 517 g/mol. The Morgan fingerprint density at radius 1 is 1.08 bits per heavy atom. The van der Waals surface area contributed by atoms with Crippen LogP contribution in [-0.2, 0) is 11.2 Å². The Morgan fingerprint density at radius 2 is 1.86 bits per heavy atom. The van der Waals surface area contributed by atoms with Crippen LogP contribution in [0, 0.1) is 0 Å². The Hall–Kier alpha value is -4.08. The minimum atomic E-state index is -0.0736. The van der Waals surface area contributed by atoms with E-state index in [-0.39, 0.29) is 18.1 Å². The quantitative estimate of drug-likeness (QED) is 0.355. The first kappa shape index (κ1) is 24.6. The number of hydrogen-bond acceptors (Lipinski definition) is 8. The third kappa shape index (κ3) is 5.84. The minimum Gasteiger partial charge on any atom is -0.459 e. The predicted octanol–water partition coefficient (Wildman–Crippen LogP) is 3.78. The molecule has 4 heterocycles. The number of nitrogens with zero attached hydrogens (tertiary/aromatic N) is 4. The van der Waals surface area contributed by atoms with Gasteiger partial charge in [-0.25, -0.2) is 15.0 Å². The molecule has 4 aromatic rings. The third-order valence-corrected chi connectivity index (χ3v) is 6.35. The monoisotopic (exact) mass is 516 g/mol. The van der Waals surface area contributed by atoms with Gasteiger partial charge in [-0.05, 0) is 48.0 Å². The standard InChI is InChI=1S/C27H25ClN6O3/c28-23-13-19(26-32-15-20(16-33-26)27(36)34-9-7-30-8-10-34)11-18-12-22(37-25(18)23)5-4-21(35)3-1-17-2-6-24(29)31-14-17/h1-3,6,11-16,30H,4-5,7-10H2,(H2,29,31)/b3-1+. The number of furan rings is 1. The second-order valence-corrected chi connectivity index (χ2v) is 9.15. The summed E-state index contributed by atoms with van der Waals surface area (Å²) in [5.74, 6) is 1.44. The maximum atomic E-state index is 12.7. The summed E-state index contributed by atoms with van der Waals surface area (Å²) in [6.07, 6.45) is 8.65. The number of piperazine rings is 1. The largest absolute Gasteiger partial charge is 0.459 e. The number of fused-ring (bicyclic) bond motifs is 1. The van der Waals surface area contributed by atoms with Crippen molar-refractivity contribution in [2.45, 2.75) is 12.8 Å². The number of pyridine rings is 1. The number of carbonyl (C=O) groups excluding carboxylic acids is 2. The molecule has 3 aromatic heterocycles. The fourth-order valence-corrected chi connectivity index (χ4v) is 4.35. The van der Waals surface area contributed by atoms with E-state index in [2.05, 4.69) is 20.3 Å². The summed E-state index contributed by atoms with van der Waals surface area (Å²) in [7, 11) is 0. The maximum absolute atomic E-state index is 12.7. The molecule has 1 fully saturated rings. The number of anilines is 1. The number of aromatic nitrogens is 3. The van der Waals surface area contributed by atoms with Gasteiger partial charge in [-0.2, -0.15) is 0 Å². The lowest BCUT2D eigenvalue weighted by molar-refractivity contribution is -0.114. The first-order valence-corrected chi connectivity index (χ1v) is 12.3. The molecule has 0 unspecified atom stereocenters. The fraction of sp³-hybridized carbons (Fsp3) is 0.222. The Balaban J connectivity index is 1.26. The number of benzene rings is 1. The highest BCUT2D eigenvalue weighted by atomic mass is 35.5. The molecule has 37 heavy (non-hydrogen) atoms. The molecule has 0 aliphatic carbocycles. The van der Waals surface area contributed by atoms with Crippen molar-refractivity contribution in [3.8, 4) is 11.4 Å². The van der Waals surface area contributed by atoms with Gasteiger partial charge in [-0.1, -0.05) is 11.6 Å². The van der Waals surface area contributed by atoms with Gasteiger partial charge in [-0.15, -0.1) is 0 Å². The summed E-state index contributed by atoms with van der Waals surface area (Å²) >= 11 is 6.49. The van der Waals surface area contributed by atoms with E-state index in [1.165, 1.54) is 6.08 Å². The van der Waals surface area contributed by atoms with Crippen molar-refractivity contribution in [2.75, 3.05) is 31.9 Å². The van der Waals surface area contributed by atoms with Gasteiger partial charge in [-0.3, -0.25) is 9.59 Å². The molecule has 0 radical (unpaired) electrons. The molecule has 1 saturated heterocycles. The molecule has 1 aromatic carbocycles. The number of rotatable bonds is 7. The molecule has 0 spiro atoms. The van der Waals surface area contributed by atoms with Crippen LogP contribution in [0.15, 0.2) is 59.4 Å². The van der Waals surface area contributed by atoms with Crippen LogP contribution >= 0.6 is 11.6 Å². The molecule has 10 heteroatoms. The van der Waals surface area contributed by atoms with Crippen molar-refractivity contribution in [2.24, 2.45) is 0 Å². The lowest BCUT2D eigenvalue weighted by Crippen LogP contribution is -2.46. The fourth-order valence-electron chi connectivity index (χ4n) is 4.09. The van der Waals surface area contributed by atoms with Gasteiger partial charge in [0, 0.05) is 68.6 Å². The molecule has 1 amide bonds. The van der Waals surface area contributed by atoms with E-state index in [0.717, 1.165) is 24.0 Å². The SMILES string of the molecule is Nc1ccc(/C=C/C(=O)CCc2cc3cc(-c4ncc(C(=O)N5CCNCC5)cn4)cc(Cl)c3o2)cn1. The van der Waals surface area contributed by atoms with Crippen LogP contribution in [-0.4, -0.2) is 57.7 Å². The number of carbonyl (C=O) groups is 2. The van der Waals surface area contributed by atoms with Gasteiger partial charge in [0.15, 0.2) is 17.2 Å². The molecule has 188 valence electrons. The predicted molar refractivity (Wildman–Crippen MR) is 142 cm³/mol. The molecular formula is C27H25ClN6O3. The number of nitrogens with one attached hydrogen (secondary N) is 1.